The summed E-state index contributed by atoms with van der Waals surface area (Å²) >= 11 is 0. The molecule has 18 heavy (non-hydrogen) atoms. The highest BCUT2D eigenvalue weighted by Crippen LogP contribution is 2.32. The first kappa shape index (κ1) is 10.8. The molecule has 2 nitrogen and oxygen atoms in total. The highest BCUT2D eigenvalue weighted by atomic mass is 16.5. The average molecular weight is 236 g/mol. The van der Waals surface area contributed by atoms with Crippen LogP contribution in [0.25, 0.3) is 21.5 Å². The maximum Gasteiger partial charge on any atom is 0.154 e. The summed E-state index contributed by atoms with van der Waals surface area (Å²) in [5.74, 6) is 0.619. The Morgan fingerprint density at radius 2 is 1.67 bits per heavy atom. The van der Waals surface area contributed by atoms with Gasteiger partial charge in [0.1, 0.15) is 5.75 Å². The van der Waals surface area contributed by atoms with Crippen molar-refractivity contribution in [1.82, 2.24) is 0 Å². The summed E-state index contributed by atoms with van der Waals surface area (Å²) in [4.78, 5) is 11.4. The van der Waals surface area contributed by atoms with Gasteiger partial charge in [0.15, 0.2) is 6.29 Å². The molecule has 3 rings (SSSR count). The molecule has 0 saturated heterocycles. The number of hydrogen-bond donors (Lipinski definition) is 0. The second kappa shape index (κ2) is 4.15. The van der Waals surface area contributed by atoms with Crippen LogP contribution in [0.3, 0.4) is 0 Å². The first-order chi connectivity index (χ1) is 8.85. The van der Waals surface area contributed by atoms with Crippen LogP contribution in [-0.4, -0.2) is 13.4 Å². The van der Waals surface area contributed by atoms with Gasteiger partial charge in [-0.25, -0.2) is 0 Å². The fraction of sp³-hybridized carbons (Fsp3) is 0.0625. The minimum absolute atomic E-state index is 0.617. The number of methoxy groups -OCH3 is 1. The fourth-order valence-electron chi connectivity index (χ4n) is 2.40. The van der Waals surface area contributed by atoms with Crippen LogP contribution in [0.15, 0.2) is 48.5 Å². The van der Waals surface area contributed by atoms with E-state index >= 15 is 0 Å². The Labute approximate surface area is 105 Å². The van der Waals surface area contributed by atoms with Crippen molar-refractivity contribution in [2.24, 2.45) is 0 Å². The molecule has 0 bridgehead atoms. The standard InChI is InChI=1S/C16H12O2/c1-18-15-9-8-12-7-6-11-4-2-3-5-13(11)16(12)14(15)10-17/h2-10H,1H3. The lowest BCUT2D eigenvalue weighted by atomic mass is 9.97. The molecule has 0 saturated carbocycles. The van der Waals surface area contributed by atoms with E-state index in [1.807, 2.05) is 42.5 Å². The number of ether oxygens (including phenoxy) is 1. The normalized spacial score (nSPS) is 10.7. The zero-order valence-electron chi connectivity index (χ0n) is 10.0. The van der Waals surface area contributed by atoms with Gasteiger partial charge in [-0.3, -0.25) is 4.79 Å². The van der Waals surface area contributed by atoms with Gasteiger partial charge in [-0.2, -0.15) is 0 Å². The number of aldehydes is 1. The third-order valence-corrected chi connectivity index (χ3v) is 3.25. The molecule has 88 valence electrons. The van der Waals surface area contributed by atoms with Gasteiger partial charge in [0.2, 0.25) is 0 Å². The van der Waals surface area contributed by atoms with Gasteiger partial charge in [0, 0.05) is 5.39 Å². The number of benzene rings is 3. The predicted molar refractivity (Wildman–Crippen MR) is 73.4 cm³/mol. The van der Waals surface area contributed by atoms with Crippen molar-refractivity contribution < 1.29 is 9.53 Å². The Kier molecular flexibility index (Phi) is 2.49. The Morgan fingerprint density at radius 1 is 0.944 bits per heavy atom. The molecule has 0 radical (unpaired) electrons. The van der Waals surface area contributed by atoms with Crippen LogP contribution in [-0.2, 0) is 0 Å². The molecule has 0 aliphatic carbocycles. The van der Waals surface area contributed by atoms with Crippen molar-refractivity contribution in [3.05, 3.63) is 54.1 Å². The van der Waals surface area contributed by atoms with Crippen molar-refractivity contribution in [3.8, 4) is 5.75 Å². The van der Waals surface area contributed by atoms with Gasteiger partial charge in [-0.1, -0.05) is 42.5 Å². The van der Waals surface area contributed by atoms with Gasteiger partial charge in [-0.15, -0.1) is 0 Å². The molecule has 0 N–H and O–H groups in total. The van der Waals surface area contributed by atoms with Gasteiger partial charge < -0.3 is 4.74 Å². The zero-order valence-corrected chi connectivity index (χ0v) is 10.0. The minimum atomic E-state index is 0.617. The number of hydrogen-bond acceptors (Lipinski definition) is 2. The minimum Gasteiger partial charge on any atom is -0.496 e. The predicted octanol–water partition coefficient (Wildman–Crippen LogP) is 3.81. The van der Waals surface area contributed by atoms with E-state index in [0.29, 0.717) is 11.3 Å². The van der Waals surface area contributed by atoms with Crippen LogP contribution in [0.4, 0.5) is 0 Å². The topological polar surface area (TPSA) is 26.3 Å². The monoisotopic (exact) mass is 236 g/mol. The molecule has 0 amide bonds. The molecule has 0 heterocycles. The first-order valence-electron chi connectivity index (χ1n) is 5.79. The van der Waals surface area contributed by atoms with E-state index in [1.165, 1.54) is 0 Å². The summed E-state index contributed by atoms with van der Waals surface area (Å²) in [7, 11) is 1.58. The number of carbonyl (C=O) groups is 1. The van der Waals surface area contributed by atoms with Crippen molar-refractivity contribution in [2.75, 3.05) is 7.11 Å². The molecule has 0 fully saturated rings. The van der Waals surface area contributed by atoms with Crippen LogP contribution in [0.5, 0.6) is 5.75 Å². The summed E-state index contributed by atoms with van der Waals surface area (Å²) in [6, 6.07) is 16.0. The SMILES string of the molecule is COc1ccc2ccc3ccccc3c2c1C=O. The van der Waals surface area contributed by atoms with Crippen LogP contribution < -0.4 is 4.74 Å². The molecule has 2 heteroatoms. The maximum atomic E-state index is 11.4. The third-order valence-electron chi connectivity index (χ3n) is 3.25. The highest BCUT2D eigenvalue weighted by Gasteiger charge is 2.10. The van der Waals surface area contributed by atoms with E-state index in [0.717, 1.165) is 27.8 Å². The molecular weight excluding hydrogens is 224 g/mol. The van der Waals surface area contributed by atoms with E-state index in [9.17, 15) is 4.79 Å². The summed E-state index contributed by atoms with van der Waals surface area (Å²) in [5, 5.41) is 4.22. The van der Waals surface area contributed by atoms with Gasteiger partial charge in [0.25, 0.3) is 0 Å². The quantitative estimate of drug-likeness (QED) is 0.499. The van der Waals surface area contributed by atoms with E-state index in [4.69, 9.17) is 4.74 Å². The first-order valence-corrected chi connectivity index (χ1v) is 5.79. The second-order valence-electron chi connectivity index (χ2n) is 4.18. The Morgan fingerprint density at radius 3 is 2.44 bits per heavy atom. The van der Waals surface area contributed by atoms with E-state index in [2.05, 4.69) is 6.07 Å². The van der Waals surface area contributed by atoms with Crippen molar-refractivity contribution in [1.29, 1.82) is 0 Å². The lowest BCUT2D eigenvalue weighted by Gasteiger charge is -2.10. The number of rotatable bonds is 2. The molecule has 0 spiro atoms. The zero-order chi connectivity index (χ0) is 12.5. The molecule has 0 aliphatic heterocycles. The molecule has 3 aromatic rings. The lowest BCUT2D eigenvalue weighted by molar-refractivity contribution is 0.112. The van der Waals surface area contributed by atoms with Crippen LogP contribution in [0.1, 0.15) is 10.4 Å². The summed E-state index contributed by atoms with van der Waals surface area (Å²) in [6.45, 7) is 0. The highest BCUT2D eigenvalue weighted by molar-refractivity contribution is 6.15. The van der Waals surface area contributed by atoms with E-state index < -0.39 is 0 Å². The molecule has 0 aliphatic rings. The Hall–Kier alpha value is -2.35. The van der Waals surface area contributed by atoms with Gasteiger partial charge in [-0.05, 0) is 22.2 Å². The third kappa shape index (κ3) is 1.46. The molecule has 3 aromatic carbocycles. The van der Waals surface area contributed by atoms with Crippen LogP contribution >= 0.6 is 0 Å². The van der Waals surface area contributed by atoms with Crippen molar-refractivity contribution in [3.63, 3.8) is 0 Å². The Balaban J connectivity index is 2.57. The average Bonchev–Trinajstić information content (AvgIpc) is 2.45. The molecular formula is C16H12O2. The fourth-order valence-corrected chi connectivity index (χ4v) is 2.40. The Bertz CT molecular complexity index is 745. The maximum absolute atomic E-state index is 11.4. The summed E-state index contributed by atoms with van der Waals surface area (Å²) in [6.07, 6.45) is 0.869. The van der Waals surface area contributed by atoms with Crippen LogP contribution in [0.2, 0.25) is 0 Å². The van der Waals surface area contributed by atoms with Crippen molar-refractivity contribution >= 4 is 27.8 Å². The summed E-state index contributed by atoms with van der Waals surface area (Å²) < 4.78 is 5.26. The molecule has 0 aromatic heterocycles. The lowest BCUT2D eigenvalue weighted by Crippen LogP contribution is -1.92. The van der Waals surface area contributed by atoms with Crippen LogP contribution in [0, 0.1) is 0 Å². The van der Waals surface area contributed by atoms with Gasteiger partial charge >= 0.3 is 0 Å². The second-order valence-corrected chi connectivity index (χ2v) is 4.18. The molecule has 0 atom stereocenters. The number of fused-ring (bicyclic) bond motifs is 3. The van der Waals surface area contributed by atoms with Crippen molar-refractivity contribution in [2.45, 2.75) is 0 Å². The van der Waals surface area contributed by atoms with E-state index in [-0.39, 0.29) is 0 Å². The molecule has 0 unspecified atom stereocenters. The summed E-state index contributed by atoms with van der Waals surface area (Å²) in [5.41, 5.74) is 0.617. The van der Waals surface area contributed by atoms with Gasteiger partial charge in [0.05, 0.1) is 12.7 Å². The van der Waals surface area contributed by atoms with E-state index in [1.54, 1.807) is 7.11 Å². The smallest absolute Gasteiger partial charge is 0.154 e. The number of carbonyl (C=O) groups excluding carboxylic acids is 1. The largest absolute Gasteiger partial charge is 0.496 e.